The Hall–Kier alpha value is -2.33. The predicted molar refractivity (Wildman–Crippen MR) is 125 cm³/mol. The van der Waals surface area contributed by atoms with Gasteiger partial charge >= 0.3 is 0 Å². The maximum Gasteiger partial charge on any atom is 0.119 e. The SMILES string of the molecule is Cc1cccc(N(c2ccccc2)C2(I)C=CC(c3ccccc3)=CC2)c1. The summed E-state index contributed by atoms with van der Waals surface area (Å²) in [6.45, 7) is 2.15. The van der Waals surface area contributed by atoms with E-state index in [0.717, 1.165) is 6.42 Å². The topological polar surface area (TPSA) is 3.24 Å². The summed E-state index contributed by atoms with van der Waals surface area (Å²) >= 11 is 2.59. The van der Waals surface area contributed by atoms with Crippen molar-refractivity contribution in [3.63, 3.8) is 0 Å². The van der Waals surface area contributed by atoms with Crippen LogP contribution in [-0.2, 0) is 0 Å². The molecule has 0 bridgehead atoms. The van der Waals surface area contributed by atoms with Crippen LogP contribution in [0.5, 0.6) is 0 Å². The lowest BCUT2D eigenvalue weighted by molar-refractivity contribution is 0.758. The Morgan fingerprint density at radius 1 is 0.815 bits per heavy atom. The molecule has 0 aromatic heterocycles. The van der Waals surface area contributed by atoms with Crippen LogP contribution in [0, 0.1) is 6.92 Å². The van der Waals surface area contributed by atoms with Crippen LogP contribution < -0.4 is 4.90 Å². The van der Waals surface area contributed by atoms with E-state index in [9.17, 15) is 0 Å². The van der Waals surface area contributed by atoms with Crippen LogP contribution >= 0.6 is 22.6 Å². The number of benzene rings is 3. The highest BCUT2D eigenvalue weighted by Crippen LogP contribution is 2.43. The third-order valence-electron chi connectivity index (χ3n) is 4.88. The zero-order valence-corrected chi connectivity index (χ0v) is 17.5. The van der Waals surface area contributed by atoms with Gasteiger partial charge in [-0.15, -0.1) is 0 Å². The van der Waals surface area contributed by atoms with E-state index < -0.39 is 0 Å². The van der Waals surface area contributed by atoms with E-state index in [2.05, 4.69) is 138 Å². The van der Waals surface area contributed by atoms with Gasteiger partial charge in [0.05, 0.1) is 0 Å². The Morgan fingerprint density at radius 2 is 1.48 bits per heavy atom. The van der Waals surface area contributed by atoms with Crippen LogP contribution in [0.4, 0.5) is 11.4 Å². The fourth-order valence-corrected chi connectivity index (χ4v) is 4.50. The van der Waals surface area contributed by atoms with E-state index >= 15 is 0 Å². The van der Waals surface area contributed by atoms with Gasteiger partial charge in [-0.25, -0.2) is 0 Å². The molecular weight excluding hydrogens is 441 g/mol. The summed E-state index contributed by atoms with van der Waals surface area (Å²) in [5.74, 6) is 0. The lowest BCUT2D eigenvalue weighted by Crippen LogP contribution is -2.39. The fraction of sp³-hybridized carbons (Fsp3) is 0.120. The normalized spacial score (nSPS) is 18.8. The van der Waals surface area contributed by atoms with Crippen molar-refractivity contribution in [2.24, 2.45) is 0 Å². The first-order valence-electron chi connectivity index (χ1n) is 9.21. The number of allylic oxidation sites excluding steroid dienone is 2. The molecule has 1 nitrogen and oxygen atoms in total. The minimum Gasteiger partial charge on any atom is -0.323 e. The highest BCUT2D eigenvalue weighted by atomic mass is 127. The maximum atomic E-state index is 2.59. The van der Waals surface area contributed by atoms with E-state index in [4.69, 9.17) is 0 Å². The lowest BCUT2D eigenvalue weighted by atomic mass is 9.95. The number of halogens is 1. The summed E-state index contributed by atoms with van der Waals surface area (Å²) in [5, 5.41) is 0. The third kappa shape index (κ3) is 3.86. The van der Waals surface area contributed by atoms with Gasteiger partial charge in [0.1, 0.15) is 3.55 Å². The van der Waals surface area contributed by atoms with Gasteiger partial charge in [0.15, 0.2) is 0 Å². The van der Waals surface area contributed by atoms with Crippen LogP contribution in [0.2, 0.25) is 0 Å². The highest BCUT2D eigenvalue weighted by Gasteiger charge is 2.34. The monoisotopic (exact) mass is 463 g/mol. The Labute approximate surface area is 175 Å². The van der Waals surface area contributed by atoms with Crippen LogP contribution in [0.3, 0.4) is 0 Å². The van der Waals surface area contributed by atoms with Crippen molar-refractivity contribution in [1.29, 1.82) is 0 Å². The van der Waals surface area contributed by atoms with Crippen molar-refractivity contribution >= 4 is 39.5 Å². The zero-order chi connectivity index (χ0) is 18.7. The van der Waals surface area contributed by atoms with E-state index in [-0.39, 0.29) is 3.55 Å². The van der Waals surface area contributed by atoms with Gasteiger partial charge < -0.3 is 4.90 Å². The van der Waals surface area contributed by atoms with Gasteiger partial charge in [0.25, 0.3) is 0 Å². The summed E-state index contributed by atoms with van der Waals surface area (Å²) in [5.41, 5.74) is 6.26. The molecule has 1 aliphatic rings. The van der Waals surface area contributed by atoms with Crippen molar-refractivity contribution in [2.45, 2.75) is 16.9 Å². The maximum absolute atomic E-state index is 2.59. The summed E-state index contributed by atoms with van der Waals surface area (Å²) in [6.07, 6.45) is 7.90. The molecule has 0 radical (unpaired) electrons. The largest absolute Gasteiger partial charge is 0.323 e. The van der Waals surface area contributed by atoms with Crippen LogP contribution in [0.15, 0.2) is 103 Å². The fourth-order valence-electron chi connectivity index (χ4n) is 3.54. The van der Waals surface area contributed by atoms with Crippen molar-refractivity contribution in [1.82, 2.24) is 0 Å². The molecule has 0 fully saturated rings. The van der Waals surface area contributed by atoms with Gasteiger partial charge in [-0.1, -0.05) is 72.8 Å². The second kappa shape index (κ2) is 7.73. The molecule has 3 aromatic rings. The second-order valence-corrected chi connectivity index (χ2v) is 8.76. The van der Waals surface area contributed by atoms with Crippen LogP contribution in [0.1, 0.15) is 17.5 Å². The molecule has 2 heteroatoms. The number of hydrogen-bond donors (Lipinski definition) is 0. The number of aryl methyl sites for hydroxylation is 1. The first kappa shape index (κ1) is 18.1. The van der Waals surface area contributed by atoms with E-state index in [1.54, 1.807) is 0 Å². The quantitative estimate of drug-likeness (QED) is 0.223. The number of rotatable bonds is 4. The Kier molecular flexibility index (Phi) is 5.17. The Balaban J connectivity index is 1.73. The summed E-state index contributed by atoms with van der Waals surface area (Å²) in [6, 6.07) is 30.0. The molecule has 0 aliphatic heterocycles. The molecule has 27 heavy (non-hydrogen) atoms. The molecule has 0 heterocycles. The van der Waals surface area contributed by atoms with Gasteiger partial charge in [0.2, 0.25) is 0 Å². The summed E-state index contributed by atoms with van der Waals surface area (Å²) in [4.78, 5) is 2.44. The lowest BCUT2D eigenvalue weighted by Gasteiger charge is -2.40. The van der Waals surface area contributed by atoms with Crippen molar-refractivity contribution in [3.8, 4) is 0 Å². The molecule has 0 N–H and O–H groups in total. The van der Waals surface area contributed by atoms with Crippen LogP contribution in [0.25, 0.3) is 5.57 Å². The second-order valence-electron chi connectivity index (χ2n) is 6.89. The predicted octanol–water partition coefficient (Wildman–Crippen LogP) is 7.31. The highest BCUT2D eigenvalue weighted by molar-refractivity contribution is 14.1. The Bertz CT molecular complexity index is 975. The van der Waals surface area contributed by atoms with Crippen molar-refractivity contribution in [3.05, 3.63) is 114 Å². The Morgan fingerprint density at radius 3 is 2.11 bits per heavy atom. The van der Waals surface area contributed by atoms with Gasteiger partial charge in [0, 0.05) is 17.8 Å². The first-order chi connectivity index (χ1) is 13.2. The van der Waals surface area contributed by atoms with E-state index in [1.807, 2.05) is 0 Å². The molecule has 0 saturated heterocycles. The molecule has 3 aromatic carbocycles. The molecule has 4 rings (SSSR count). The number of alkyl halides is 1. The molecule has 0 saturated carbocycles. The third-order valence-corrected chi connectivity index (χ3v) is 6.16. The molecular formula is C25H22IN. The standard InChI is InChI=1S/C25H22IN/c1-20-9-8-14-24(19-20)27(23-12-6-3-7-13-23)25(26)17-15-22(16-18-25)21-10-4-2-5-11-21/h2-17,19H,18H2,1H3. The number of anilines is 2. The molecule has 0 spiro atoms. The minimum atomic E-state index is -0.148. The average molecular weight is 463 g/mol. The molecule has 1 aliphatic carbocycles. The van der Waals surface area contributed by atoms with Gasteiger partial charge in [-0.2, -0.15) is 0 Å². The molecule has 134 valence electrons. The minimum absolute atomic E-state index is 0.148. The zero-order valence-electron chi connectivity index (χ0n) is 15.3. The van der Waals surface area contributed by atoms with Crippen molar-refractivity contribution in [2.75, 3.05) is 4.90 Å². The molecule has 0 amide bonds. The average Bonchev–Trinajstić information content (AvgIpc) is 2.70. The summed E-state index contributed by atoms with van der Waals surface area (Å²) < 4.78 is -0.148. The van der Waals surface area contributed by atoms with Crippen molar-refractivity contribution < 1.29 is 0 Å². The van der Waals surface area contributed by atoms with E-state index in [0.29, 0.717) is 0 Å². The number of para-hydroxylation sites is 1. The van der Waals surface area contributed by atoms with Gasteiger partial charge in [-0.05, 0) is 76.6 Å². The van der Waals surface area contributed by atoms with E-state index in [1.165, 1.54) is 28.1 Å². The smallest absolute Gasteiger partial charge is 0.119 e. The number of nitrogens with zero attached hydrogens (tertiary/aromatic N) is 1. The van der Waals surface area contributed by atoms with Gasteiger partial charge in [-0.3, -0.25) is 0 Å². The summed E-state index contributed by atoms with van der Waals surface area (Å²) in [7, 11) is 0. The first-order valence-corrected chi connectivity index (χ1v) is 10.3. The van der Waals surface area contributed by atoms with Crippen LogP contribution in [-0.4, -0.2) is 3.55 Å². The molecule has 1 unspecified atom stereocenters. The molecule has 1 atom stereocenters. The number of hydrogen-bond acceptors (Lipinski definition) is 1.